The van der Waals surface area contributed by atoms with E-state index < -0.39 is 11.9 Å². The first-order valence-electron chi connectivity index (χ1n) is 7.83. The summed E-state index contributed by atoms with van der Waals surface area (Å²) in [7, 11) is 0. The summed E-state index contributed by atoms with van der Waals surface area (Å²) in [6, 6.07) is 8.81. The highest BCUT2D eigenvalue weighted by molar-refractivity contribution is 7.18. The molecule has 3 aromatic rings. The van der Waals surface area contributed by atoms with Crippen LogP contribution in [0.4, 0.5) is 0 Å². The van der Waals surface area contributed by atoms with E-state index in [9.17, 15) is 9.59 Å². The standard InChI is InChI=1S/C18H19N3O2S/c1-4-13-9-14-17(24-13)20-16(12-7-5-6-10(2)8-12)21(18(14)23)11(3)15(19)22/h5-9,11H,4H2,1-3H3,(H2,19,22). The second-order valence-corrected chi connectivity index (χ2v) is 6.96. The van der Waals surface area contributed by atoms with Crippen LogP contribution in [0.2, 0.25) is 0 Å². The Hall–Kier alpha value is -2.47. The van der Waals surface area contributed by atoms with E-state index in [0.29, 0.717) is 16.0 Å². The summed E-state index contributed by atoms with van der Waals surface area (Å²) in [5, 5.41) is 0.543. The van der Waals surface area contributed by atoms with E-state index >= 15 is 0 Å². The molecule has 1 amide bonds. The Labute approximate surface area is 143 Å². The van der Waals surface area contributed by atoms with E-state index in [-0.39, 0.29) is 5.56 Å². The lowest BCUT2D eigenvalue weighted by molar-refractivity contribution is -0.120. The van der Waals surface area contributed by atoms with E-state index in [1.165, 1.54) is 15.9 Å². The number of carbonyl (C=O) groups excluding carboxylic acids is 1. The van der Waals surface area contributed by atoms with Crippen molar-refractivity contribution in [1.82, 2.24) is 9.55 Å². The van der Waals surface area contributed by atoms with Gasteiger partial charge in [0.25, 0.3) is 5.56 Å². The smallest absolute Gasteiger partial charge is 0.263 e. The Bertz CT molecular complexity index is 988. The van der Waals surface area contributed by atoms with Gasteiger partial charge in [0.1, 0.15) is 16.7 Å². The van der Waals surface area contributed by atoms with Crippen molar-refractivity contribution in [2.24, 2.45) is 5.73 Å². The van der Waals surface area contributed by atoms with Crippen LogP contribution >= 0.6 is 11.3 Å². The van der Waals surface area contributed by atoms with Gasteiger partial charge in [-0.3, -0.25) is 14.2 Å². The van der Waals surface area contributed by atoms with Gasteiger partial charge in [0.2, 0.25) is 5.91 Å². The molecule has 0 saturated heterocycles. The minimum Gasteiger partial charge on any atom is -0.368 e. The number of hydrogen-bond donors (Lipinski definition) is 1. The second kappa shape index (κ2) is 6.20. The Morgan fingerprint density at radius 1 is 1.38 bits per heavy atom. The van der Waals surface area contributed by atoms with Gasteiger partial charge in [0.05, 0.1) is 5.39 Å². The number of hydrogen-bond acceptors (Lipinski definition) is 4. The zero-order chi connectivity index (χ0) is 17.4. The van der Waals surface area contributed by atoms with Crippen LogP contribution in [0.3, 0.4) is 0 Å². The third-order valence-corrected chi connectivity index (χ3v) is 5.25. The molecule has 124 valence electrons. The van der Waals surface area contributed by atoms with Crippen LogP contribution in [0, 0.1) is 6.92 Å². The average molecular weight is 341 g/mol. The van der Waals surface area contributed by atoms with Gasteiger partial charge in [-0.15, -0.1) is 11.3 Å². The Balaban J connectivity index is 2.39. The third-order valence-electron chi connectivity index (χ3n) is 4.07. The number of aromatic nitrogens is 2. The normalized spacial score (nSPS) is 12.5. The van der Waals surface area contributed by atoms with Gasteiger partial charge in [0.15, 0.2) is 0 Å². The topological polar surface area (TPSA) is 78.0 Å². The summed E-state index contributed by atoms with van der Waals surface area (Å²) < 4.78 is 1.41. The van der Waals surface area contributed by atoms with Crippen molar-refractivity contribution in [3.63, 3.8) is 0 Å². The molecule has 0 bridgehead atoms. The molecule has 0 aliphatic rings. The molecule has 2 heterocycles. The lowest BCUT2D eigenvalue weighted by Crippen LogP contribution is -2.33. The maximum Gasteiger partial charge on any atom is 0.263 e. The molecule has 0 spiro atoms. The highest BCUT2D eigenvalue weighted by atomic mass is 32.1. The van der Waals surface area contributed by atoms with Gasteiger partial charge in [-0.25, -0.2) is 4.98 Å². The fourth-order valence-corrected chi connectivity index (χ4v) is 3.65. The summed E-state index contributed by atoms with van der Waals surface area (Å²) in [4.78, 5) is 31.2. The molecule has 2 aromatic heterocycles. The number of carbonyl (C=O) groups is 1. The first kappa shape index (κ1) is 16.4. The Kier molecular flexibility index (Phi) is 4.24. The van der Waals surface area contributed by atoms with Crippen molar-refractivity contribution < 1.29 is 4.79 Å². The maximum absolute atomic E-state index is 13.0. The molecule has 1 unspecified atom stereocenters. The lowest BCUT2D eigenvalue weighted by atomic mass is 10.1. The van der Waals surface area contributed by atoms with Crippen LogP contribution in [-0.2, 0) is 11.2 Å². The minimum absolute atomic E-state index is 0.223. The van der Waals surface area contributed by atoms with Crippen LogP contribution in [0.1, 0.15) is 30.3 Å². The number of benzene rings is 1. The Morgan fingerprint density at radius 2 is 2.12 bits per heavy atom. The van der Waals surface area contributed by atoms with Crippen molar-refractivity contribution in [3.8, 4) is 11.4 Å². The van der Waals surface area contributed by atoms with Crippen LogP contribution in [-0.4, -0.2) is 15.5 Å². The van der Waals surface area contributed by atoms with Gasteiger partial charge in [-0.05, 0) is 32.4 Å². The van der Waals surface area contributed by atoms with Crippen molar-refractivity contribution >= 4 is 27.5 Å². The number of nitrogens with two attached hydrogens (primary N) is 1. The first-order chi connectivity index (χ1) is 11.4. The highest BCUT2D eigenvalue weighted by Gasteiger charge is 2.22. The van der Waals surface area contributed by atoms with Gasteiger partial charge in [-0.1, -0.05) is 30.7 Å². The van der Waals surface area contributed by atoms with Crippen molar-refractivity contribution in [2.75, 3.05) is 0 Å². The zero-order valence-corrected chi connectivity index (χ0v) is 14.7. The van der Waals surface area contributed by atoms with Gasteiger partial charge >= 0.3 is 0 Å². The molecule has 1 aromatic carbocycles. The quantitative estimate of drug-likeness (QED) is 0.792. The van der Waals surface area contributed by atoms with E-state index in [1.807, 2.05) is 44.2 Å². The van der Waals surface area contributed by atoms with Crippen molar-refractivity contribution in [3.05, 3.63) is 51.1 Å². The third kappa shape index (κ3) is 2.73. The fraction of sp³-hybridized carbons (Fsp3) is 0.278. The van der Waals surface area contributed by atoms with E-state index in [4.69, 9.17) is 10.7 Å². The van der Waals surface area contributed by atoms with Crippen LogP contribution < -0.4 is 11.3 Å². The molecule has 5 nitrogen and oxygen atoms in total. The minimum atomic E-state index is -0.769. The van der Waals surface area contributed by atoms with Gasteiger partial charge < -0.3 is 5.73 Å². The van der Waals surface area contributed by atoms with Crippen molar-refractivity contribution in [1.29, 1.82) is 0 Å². The number of amides is 1. The zero-order valence-electron chi connectivity index (χ0n) is 13.9. The van der Waals surface area contributed by atoms with Crippen LogP contribution in [0.25, 0.3) is 21.6 Å². The first-order valence-corrected chi connectivity index (χ1v) is 8.65. The van der Waals surface area contributed by atoms with E-state index in [1.54, 1.807) is 6.92 Å². The van der Waals surface area contributed by atoms with Crippen LogP contribution in [0.5, 0.6) is 0 Å². The number of aryl methyl sites for hydroxylation is 2. The molecule has 24 heavy (non-hydrogen) atoms. The fourth-order valence-electron chi connectivity index (χ4n) is 2.69. The largest absolute Gasteiger partial charge is 0.368 e. The summed E-state index contributed by atoms with van der Waals surface area (Å²) in [6.45, 7) is 5.64. The molecule has 0 radical (unpaired) electrons. The number of rotatable bonds is 4. The number of fused-ring (bicyclic) bond motifs is 1. The lowest BCUT2D eigenvalue weighted by Gasteiger charge is -2.17. The molecule has 6 heteroatoms. The van der Waals surface area contributed by atoms with Gasteiger partial charge in [0, 0.05) is 10.4 Å². The number of thiophene rings is 1. The van der Waals surface area contributed by atoms with E-state index in [0.717, 1.165) is 22.4 Å². The van der Waals surface area contributed by atoms with E-state index in [2.05, 4.69) is 0 Å². The summed E-state index contributed by atoms with van der Waals surface area (Å²) in [5.74, 6) is -0.0786. The summed E-state index contributed by atoms with van der Waals surface area (Å²) in [6.07, 6.45) is 0.839. The van der Waals surface area contributed by atoms with Crippen LogP contribution in [0.15, 0.2) is 35.1 Å². The predicted octanol–water partition coefficient (Wildman–Crippen LogP) is 3.04. The molecule has 0 fully saturated rings. The Morgan fingerprint density at radius 3 is 2.75 bits per heavy atom. The SMILES string of the molecule is CCc1cc2c(=O)n(C(C)C(N)=O)c(-c3cccc(C)c3)nc2s1. The number of nitrogens with zero attached hydrogens (tertiary/aromatic N) is 2. The molecule has 0 saturated carbocycles. The second-order valence-electron chi connectivity index (χ2n) is 5.84. The monoisotopic (exact) mass is 341 g/mol. The molecule has 3 rings (SSSR count). The van der Waals surface area contributed by atoms with Crippen molar-refractivity contribution in [2.45, 2.75) is 33.2 Å². The predicted molar refractivity (Wildman–Crippen MR) is 97.3 cm³/mol. The number of primary amides is 1. The molecular weight excluding hydrogens is 322 g/mol. The molecular formula is C18H19N3O2S. The van der Waals surface area contributed by atoms with Gasteiger partial charge in [-0.2, -0.15) is 0 Å². The summed E-state index contributed by atoms with van der Waals surface area (Å²) in [5.41, 5.74) is 7.10. The molecule has 0 aliphatic carbocycles. The maximum atomic E-state index is 13.0. The molecule has 0 aliphatic heterocycles. The highest BCUT2D eigenvalue weighted by Crippen LogP contribution is 2.27. The average Bonchev–Trinajstić information content (AvgIpc) is 2.97. The molecule has 2 N–H and O–H groups in total. The molecule has 1 atom stereocenters. The summed E-state index contributed by atoms with van der Waals surface area (Å²) >= 11 is 1.51.